The SMILES string of the molecule is CC1(N)CCN(C(C)(C)C)C1. The molecule has 1 aliphatic rings. The molecule has 11 heavy (non-hydrogen) atoms. The minimum atomic E-state index is 0.0489. The van der Waals surface area contributed by atoms with Gasteiger partial charge >= 0.3 is 0 Å². The largest absolute Gasteiger partial charge is 0.324 e. The first-order valence-electron chi connectivity index (χ1n) is 4.35. The standard InChI is InChI=1S/C9H20N2/c1-8(2,3)11-6-5-9(4,10)7-11/h5-7,10H2,1-4H3. The number of hydrogen-bond acceptors (Lipinski definition) is 2. The molecule has 0 bridgehead atoms. The summed E-state index contributed by atoms with van der Waals surface area (Å²) in [5, 5.41) is 0. The van der Waals surface area contributed by atoms with Gasteiger partial charge in [-0.25, -0.2) is 0 Å². The summed E-state index contributed by atoms with van der Waals surface area (Å²) in [4.78, 5) is 2.45. The van der Waals surface area contributed by atoms with Gasteiger partial charge in [0.15, 0.2) is 0 Å². The fourth-order valence-electron chi connectivity index (χ4n) is 1.56. The Morgan fingerprint density at radius 3 is 2.09 bits per heavy atom. The normalized spacial score (nSPS) is 34.6. The molecular weight excluding hydrogens is 136 g/mol. The first-order valence-corrected chi connectivity index (χ1v) is 4.35. The van der Waals surface area contributed by atoms with Crippen LogP contribution in [-0.4, -0.2) is 29.1 Å². The molecule has 0 amide bonds. The van der Waals surface area contributed by atoms with Crippen molar-refractivity contribution >= 4 is 0 Å². The molecule has 2 nitrogen and oxygen atoms in total. The van der Waals surface area contributed by atoms with Crippen LogP contribution in [0.15, 0.2) is 0 Å². The van der Waals surface area contributed by atoms with Gasteiger partial charge in [0.25, 0.3) is 0 Å². The number of hydrogen-bond donors (Lipinski definition) is 1. The van der Waals surface area contributed by atoms with E-state index in [-0.39, 0.29) is 11.1 Å². The molecule has 1 saturated heterocycles. The second kappa shape index (κ2) is 2.46. The topological polar surface area (TPSA) is 29.3 Å². The van der Waals surface area contributed by atoms with Crippen LogP contribution in [-0.2, 0) is 0 Å². The first-order chi connectivity index (χ1) is 4.81. The molecule has 0 aromatic carbocycles. The van der Waals surface area contributed by atoms with Crippen molar-refractivity contribution in [1.29, 1.82) is 0 Å². The van der Waals surface area contributed by atoms with Crippen molar-refractivity contribution in [3.8, 4) is 0 Å². The minimum absolute atomic E-state index is 0.0489. The predicted molar refractivity (Wildman–Crippen MR) is 48.5 cm³/mol. The number of likely N-dealkylation sites (tertiary alicyclic amines) is 1. The Bertz CT molecular complexity index is 144. The van der Waals surface area contributed by atoms with E-state index < -0.39 is 0 Å². The lowest BCUT2D eigenvalue weighted by molar-refractivity contribution is 0.166. The number of nitrogens with zero attached hydrogens (tertiary/aromatic N) is 1. The monoisotopic (exact) mass is 156 g/mol. The molecule has 0 aromatic heterocycles. The lowest BCUT2D eigenvalue weighted by atomic mass is 10.0. The Labute approximate surface area is 69.8 Å². The summed E-state index contributed by atoms with van der Waals surface area (Å²) in [6, 6.07) is 0. The maximum atomic E-state index is 6.02. The van der Waals surface area contributed by atoms with Crippen LogP contribution >= 0.6 is 0 Å². The van der Waals surface area contributed by atoms with Gasteiger partial charge in [-0.1, -0.05) is 0 Å². The molecule has 1 unspecified atom stereocenters. The summed E-state index contributed by atoms with van der Waals surface area (Å²) in [7, 11) is 0. The molecule has 1 aliphatic heterocycles. The summed E-state index contributed by atoms with van der Waals surface area (Å²) < 4.78 is 0. The lowest BCUT2D eigenvalue weighted by Gasteiger charge is -2.32. The predicted octanol–water partition coefficient (Wildman–Crippen LogP) is 1.21. The second-order valence-corrected chi connectivity index (χ2v) is 5.00. The van der Waals surface area contributed by atoms with Gasteiger partial charge in [-0.05, 0) is 34.1 Å². The fourth-order valence-corrected chi connectivity index (χ4v) is 1.56. The Morgan fingerprint density at radius 2 is 1.91 bits per heavy atom. The molecule has 2 N–H and O–H groups in total. The Hall–Kier alpha value is -0.0800. The smallest absolute Gasteiger partial charge is 0.0267 e. The third kappa shape index (κ3) is 2.17. The van der Waals surface area contributed by atoms with Crippen LogP contribution in [0.4, 0.5) is 0 Å². The van der Waals surface area contributed by atoms with E-state index in [1.807, 2.05) is 0 Å². The summed E-state index contributed by atoms with van der Waals surface area (Å²) >= 11 is 0. The summed E-state index contributed by atoms with van der Waals surface area (Å²) in [6.07, 6.45) is 1.13. The average Bonchev–Trinajstić information content (AvgIpc) is 2.07. The van der Waals surface area contributed by atoms with E-state index in [0.29, 0.717) is 0 Å². The Kier molecular flexibility index (Phi) is 2.01. The highest BCUT2D eigenvalue weighted by Gasteiger charge is 2.34. The zero-order valence-corrected chi connectivity index (χ0v) is 8.15. The average molecular weight is 156 g/mol. The van der Waals surface area contributed by atoms with Crippen LogP contribution in [0.3, 0.4) is 0 Å². The van der Waals surface area contributed by atoms with E-state index in [1.54, 1.807) is 0 Å². The fraction of sp³-hybridized carbons (Fsp3) is 1.00. The first kappa shape index (κ1) is 9.01. The van der Waals surface area contributed by atoms with Crippen molar-refractivity contribution in [2.24, 2.45) is 5.73 Å². The van der Waals surface area contributed by atoms with Crippen molar-refractivity contribution in [3.63, 3.8) is 0 Å². The molecule has 0 radical (unpaired) electrons. The van der Waals surface area contributed by atoms with Gasteiger partial charge in [0.05, 0.1) is 0 Å². The molecule has 1 atom stereocenters. The van der Waals surface area contributed by atoms with Crippen LogP contribution in [0.25, 0.3) is 0 Å². The zero-order chi connectivity index (χ0) is 8.70. The van der Waals surface area contributed by atoms with E-state index in [1.165, 1.54) is 0 Å². The second-order valence-electron chi connectivity index (χ2n) is 5.00. The van der Waals surface area contributed by atoms with Gasteiger partial charge in [-0.2, -0.15) is 0 Å². The molecule has 1 rings (SSSR count). The quantitative estimate of drug-likeness (QED) is 0.571. The van der Waals surface area contributed by atoms with Gasteiger partial charge in [0, 0.05) is 24.2 Å². The van der Waals surface area contributed by atoms with Gasteiger partial charge in [-0.15, -0.1) is 0 Å². The molecule has 0 spiro atoms. The highest BCUT2D eigenvalue weighted by Crippen LogP contribution is 2.24. The van der Waals surface area contributed by atoms with Crippen LogP contribution in [0.5, 0.6) is 0 Å². The highest BCUT2D eigenvalue weighted by atomic mass is 15.2. The summed E-state index contributed by atoms with van der Waals surface area (Å²) in [5.74, 6) is 0. The van der Waals surface area contributed by atoms with Crippen molar-refractivity contribution in [3.05, 3.63) is 0 Å². The maximum Gasteiger partial charge on any atom is 0.0267 e. The van der Waals surface area contributed by atoms with E-state index in [4.69, 9.17) is 5.73 Å². The molecule has 2 heteroatoms. The molecule has 0 aromatic rings. The molecule has 66 valence electrons. The summed E-state index contributed by atoms with van der Waals surface area (Å²) in [6.45, 7) is 11.1. The lowest BCUT2D eigenvalue weighted by Crippen LogP contribution is -2.45. The minimum Gasteiger partial charge on any atom is -0.324 e. The summed E-state index contributed by atoms with van der Waals surface area (Å²) in [5.41, 5.74) is 6.36. The Morgan fingerprint density at radius 1 is 1.36 bits per heavy atom. The van der Waals surface area contributed by atoms with E-state index >= 15 is 0 Å². The van der Waals surface area contributed by atoms with E-state index in [9.17, 15) is 0 Å². The zero-order valence-electron chi connectivity index (χ0n) is 8.15. The van der Waals surface area contributed by atoms with Gasteiger partial charge in [0.2, 0.25) is 0 Å². The molecular formula is C9H20N2. The van der Waals surface area contributed by atoms with Gasteiger partial charge in [0.1, 0.15) is 0 Å². The van der Waals surface area contributed by atoms with Crippen LogP contribution in [0, 0.1) is 0 Å². The third-order valence-electron chi connectivity index (χ3n) is 2.45. The van der Waals surface area contributed by atoms with Crippen molar-refractivity contribution in [1.82, 2.24) is 4.90 Å². The van der Waals surface area contributed by atoms with Crippen LogP contribution < -0.4 is 5.73 Å². The molecule has 0 aliphatic carbocycles. The molecule has 0 saturated carbocycles. The van der Waals surface area contributed by atoms with Crippen molar-refractivity contribution < 1.29 is 0 Å². The number of rotatable bonds is 0. The van der Waals surface area contributed by atoms with Crippen LogP contribution in [0.1, 0.15) is 34.1 Å². The van der Waals surface area contributed by atoms with E-state index in [0.717, 1.165) is 19.5 Å². The van der Waals surface area contributed by atoms with Gasteiger partial charge in [-0.3, -0.25) is 4.90 Å². The Balaban J connectivity index is 2.55. The molecule has 1 fully saturated rings. The van der Waals surface area contributed by atoms with Crippen molar-refractivity contribution in [2.45, 2.75) is 45.2 Å². The highest BCUT2D eigenvalue weighted by molar-refractivity contribution is 4.94. The van der Waals surface area contributed by atoms with Gasteiger partial charge < -0.3 is 5.73 Å². The maximum absolute atomic E-state index is 6.02. The van der Waals surface area contributed by atoms with Crippen LogP contribution in [0.2, 0.25) is 0 Å². The van der Waals surface area contributed by atoms with E-state index in [2.05, 4.69) is 32.6 Å². The molecule has 1 heterocycles. The third-order valence-corrected chi connectivity index (χ3v) is 2.45. The number of nitrogens with two attached hydrogens (primary N) is 1. The van der Waals surface area contributed by atoms with Crippen molar-refractivity contribution in [2.75, 3.05) is 13.1 Å².